The zero-order chi connectivity index (χ0) is 56.1. The Morgan fingerprint density at radius 3 is 2.09 bits per heavy atom. The highest BCUT2D eigenvalue weighted by atomic mass is 31.3. The van der Waals surface area contributed by atoms with Crippen molar-refractivity contribution in [3.63, 3.8) is 0 Å². The standard InChI is InChI=1S/C35H49N13O25P4/c1-14(49)38-7-15-16(68-32(24(15)63-3)48-13-45(2)21-29(48)43-34(37)44-30(21)53)8-66-75(57,58)72-77(61,62)73-76(59,60)67-10-18-25(26(64-4)33(70-18)47-12-41-20-27(36)39-11-40-28(20)47)71-74(55,56)65-9-17-22(51)23(52)31(69-17)46-6-5-19(50)42-35(46)54/h5-6,11-13,15-18,22-26,31-33,51-52H,7-10H2,1-4H3,(H10-,36,37,38,39,40,42,43,44,49,50,53,54,55,56,57,58,59,60,61,62)/p+1/t15-,16-,17-,18-,22-,23-,24-,25-,26-,31-,32-,33-/m1/s1. The molecule has 0 spiro atoms. The lowest BCUT2D eigenvalue weighted by atomic mass is 9.98. The number of aryl methyl sites for hydroxylation is 1. The van der Waals surface area contributed by atoms with Crippen molar-refractivity contribution in [2.45, 2.75) is 74.4 Å². The Bertz CT molecular complexity index is 3390. The van der Waals surface area contributed by atoms with Crippen molar-refractivity contribution in [2.75, 3.05) is 52.1 Å². The van der Waals surface area contributed by atoms with Gasteiger partial charge in [0.15, 0.2) is 30.2 Å². The van der Waals surface area contributed by atoms with Crippen molar-refractivity contribution >= 4 is 71.3 Å². The Morgan fingerprint density at radius 1 is 0.805 bits per heavy atom. The lowest BCUT2D eigenvalue weighted by molar-refractivity contribution is -0.746. The van der Waals surface area contributed by atoms with Crippen molar-refractivity contribution in [2.24, 2.45) is 13.0 Å². The van der Waals surface area contributed by atoms with Gasteiger partial charge in [0.05, 0.1) is 39.3 Å². The number of amides is 1. The number of anilines is 2. The van der Waals surface area contributed by atoms with Gasteiger partial charge in [0.25, 0.3) is 17.1 Å². The molecule has 0 aromatic carbocycles. The summed E-state index contributed by atoms with van der Waals surface area (Å²) in [5.74, 6) is -1.77. The van der Waals surface area contributed by atoms with Crippen LogP contribution in [0, 0.1) is 5.92 Å². The molecule has 3 saturated heterocycles. The van der Waals surface area contributed by atoms with Gasteiger partial charge in [-0.05, 0) is 0 Å². The number of hydrogen-bond donors (Lipinski definition) is 11. The molecule has 0 radical (unpaired) electrons. The molecule has 8 heterocycles. The zero-order valence-corrected chi connectivity index (χ0v) is 43.7. The fourth-order valence-corrected chi connectivity index (χ4v) is 13.1. The lowest BCUT2D eigenvalue weighted by Crippen LogP contribution is -2.47. The smallest absolute Gasteiger partial charge is 0.387 e. The molecular formula is C35H50N13O25P4+. The highest BCUT2D eigenvalue weighted by Crippen LogP contribution is 2.68. The molecule has 8 rings (SSSR count). The molecule has 424 valence electrons. The monoisotopic (exact) mass is 1180 g/mol. The second-order valence-corrected chi connectivity index (χ2v) is 23.1. The summed E-state index contributed by atoms with van der Waals surface area (Å²) < 4.78 is 116. The molecule has 5 aromatic rings. The number of aromatic amines is 2. The van der Waals surface area contributed by atoms with Gasteiger partial charge in [-0.3, -0.25) is 56.1 Å². The highest BCUT2D eigenvalue weighted by molar-refractivity contribution is 7.66. The average molecular weight is 1180 g/mol. The first-order chi connectivity index (χ1) is 36.1. The Hall–Kier alpha value is -5.11. The van der Waals surface area contributed by atoms with Crippen LogP contribution in [0.25, 0.3) is 22.3 Å². The SMILES string of the molecule is CO[C@@H]1[C@H](OP(=O)(O)OC[C@H]2O[C@@H](n3ccc(=O)[nH]c3=O)[C@H](O)[C@@H]2O)[C@@H](COP(=O)(O)OP(=O)(O)OP(=O)(O)OC[C@H]2O[C@@H]([n+]3cn(C)c4c(=O)[nH]c(N)nc43)[C@H](OC)[C@@H]2CNC(C)=O)O[C@H]1n1cnc2c(N)ncnc21. The minimum Gasteiger partial charge on any atom is -0.387 e. The van der Waals surface area contributed by atoms with E-state index in [-0.39, 0.29) is 40.6 Å². The number of nitrogen functional groups attached to an aromatic ring is 2. The topological polar surface area (TPSA) is 525 Å². The number of H-pyrrole nitrogens is 2. The zero-order valence-electron chi connectivity index (χ0n) is 40.1. The van der Waals surface area contributed by atoms with Gasteiger partial charge < -0.3 is 70.3 Å². The number of methoxy groups -OCH3 is 2. The number of imidazole rings is 2. The van der Waals surface area contributed by atoms with Gasteiger partial charge in [-0.2, -0.15) is 8.62 Å². The maximum absolute atomic E-state index is 13.6. The van der Waals surface area contributed by atoms with Gasteiger partial charge in [0.2, 0.25) is 17.7 Å². The van der Waals surface area contributed by atoms with E-state index in [4.69, 9.17) is 53.2 Å². The number of aromatic nitrogens is 10. The van der Waals surface area contributed by atoms with Crippen LogP contribution in [-0.4, -0.2) is 169 Å². The molecule has 0 saturated carbocycles. The van der Waals surface area contributed by atoms with E-state index in [0.717, 1.165) is 36.6 Å². The van der Waals surface area contributed by atoms with E-state index in [9.17, 15) is 67.2 Å². The molecule has 3 aliphatic rings. The fraction of sp³-hybridized carbons (Fsp3) is 0.571. The predicted molar refractivity (Wildman–Crippen MR) is 249 cm³/mol. The maximum Gasteiger partial charge on any atom is 0.490 e. The van der Waals surface area contributed by atoms with E-state index in [0.29, 0.717) is 0 Å². The van der Waals surface area contributed by atoms with E-state index in [1.807, 2.05) is 4.98 Å². The van der Waals surface area contributed by atoms with Gasteiger partial charge in [0.1, 0.15) is 54.6 Å². The number of fused-ring (bicyclic) bond motifs is 2. The molecule has 16 atom stereocenters. The number of phosphoric ester groups is 3. The minimum atomic E-state index is -6.20. The Labute approximate surface area is 429 Å². The number of hydrogen-bond acceptors (Lipinski definition) is 27. The fourth-order valence-electron chi connectivity index (χ4n) is 8.66. The van der Waals surface area contributed by atoms with Gasteiger partial charge in [-0.15, -0.1) is 0 Å². The third-order valence-electron chi connectivity index (χ3n) is 12.0. The summed E-state index contributed by atoms with van der Waals surface area (Å²) in [4.78, 5) is 112. The second kappa shape index (κ2) is 22.6. The number of phosphoric acid groups is 4. The van der Waals surface area contributed by atoms with E-state index in [1.54, 1.807) is 0 Å². The third kappa shape index (κ3) is 12.7. The van der Waals surface area contributed by atoms with Crippen molar-refractivity contribution in [3.05, 3.63) is 62.4 Å². The molecule has 5 aromatic heterocycles. The molecule has 4 unspecified atom stereocenters. The maximum atomic E-state index is 13.6. The second-order valence-electron chi connectivity index (χ2n) is 17.0. The summed E-state index contributed by atoms with van der Waals surface area (Å²) in [6.07, 6.45) is -12.6. The Balaban J connectivity index is 0.951. The van der Waals surface area contributed by atoms with E-state index in [1.165, 1.54) is 41.1 Å². The molecule has 38 nitrogen and oxygen atoms in total. The quantitative estimate of drug-likeness (QED) is 0.0234. The number of nitrogens with two attached hydrogens (primary N) is 2. The number of rotatable bonds is 22. The first-order valence-corrected chi connectivity index (χ1v) is 28.1. The van der Waals surface area contributed by atoms with Crippen LogP contribution in [0.5, 0.6) is 0 Å². The van der Waals surface area contributed by atoms with Gasteiger partial charge in [-0.1, -0.05) is 4.98 Å². The van der Waals surface area contributed by atoms with Crippen LogP contribution in [0.15, 0.2) is 45.6 Å². The number of ether oxygens (including phenoxy) is 5. The summed E-state index contributed by atoms with van der Waals surface area (Å²) in [7, 11) is -19.6. The third-order valence-corrected chi connectivity index (χ3v) is 17.2. The van der Waals surface area contributed by atoms with Crippen LogP contribution in [0.2, 0.25) is 0 Å². The predicted octanol–water partition coefficient (Wildman–Crippen LogP) is -3.83. The van der Waals surface area contributed by atoms with Crippen LogP contribution in [0.1, 0.15) is 25.6 Å². The Morgan fingerprint density at radius 2 is 1.44 bits per heavy atom. The lowest BCUT2D eigenvalue weighted by Gasteiger charge is -2.26. The largest absolute Gasteiger partial charge is 0.490 e. The first kappa shape index (κ1) is 58.0. The first-order valence-electron chi connectivity index (χ1n) is 22.1. The molecule has 0 aliphatic carbocycles. The summed E-state index contributed by atoms with van der Waals surface area (Å²) >= 11 is 0. The van der Waals surface area contributed by atoms with Gasteiger partial charge in [-0.25, -0.2) is 42.6 Å². The number of carbonyl (C=O) groups excluding carboxylic acids is 1. The molecule has 0 bridgehead atoms. The number of aliphatic hydroxyl groups excluding tert-OH is 2. The van der Waals surface area contributed by atoms with E-state index >= 15 is 0 Å². The molecule has 42 heteroatoms. The molecule has 3 fully saturated rings. The van der Waals surface area contributed by atoms with Crippen LogP contribution in [0.4, 0.5) is 11.8 Å². The molecule has 1 amide bonds. The summed E-state index contributed by atoms with van der Waals surface area (Å²) in [6, 6.07) is 0.924. The molecule has 3 aliphatic heterocycles. The van der Waals surface area contributed by atoms with Crippen LogP contribution in [-0.2, 0) is 80.5 Å². The Kier molecular flexibility index (Phi) is 17.0. The minimum absolute atomic E-state index is 0.00560. The van der Waals surface area contributed by atoms with Crippen molar-refractivity contribution < 1.29 is 108 Å². The normalized spacial score (nSPS) is 29.8. The molecule has 77 heavy (non-hydrogen) atoms. The van der Waals surface area contributed by atoms with E-state index < -0.39 is 147 Å². The number of carbonyl (C=O) groups is 1. The number of nitrogens with zero attached hydrogens (tertiary/aromatic N) is 8. The highest BCUT2D eigenvalue weighted by Gasteiger charge is 2.54. The van der Waals surface area contributed by atoms with Crippen LogP contribution in [0.3, 0.4) is 0 Å². The summed E-state index contributed by atoms with van der Waals surface area (Å²) in [5.41, 5.74) is 9.44. The van der Waals surface area contributed by atoms with Gasteiger partial charge in [0, 0.05) is 45.9 Å². The van der Waals surface area contributed by atoms with Crippen LogP contribution < -0.4 is 38.2 Å². The number of aliphatic hydroxyl groups is 2. The van der Waals surface area contributed by atoms with Crippen molar-refractivity contribution in [3.8, 4) is 0 Å². The van der Waals surface area contributed by atoms with E-state index in [2.05, 4.69) is 38.9 Å². The number of nitrogens with one attached hydrogen (secondary N) is 3. The van der Waals surface area contributed by atoms with Crippen molar-refractivity contribution in [1.82, 2.24) is 48.9 Å². The molecule has 13 N–H and O–H groups in total. The van der Waals surface area contributed by atoms with Crippen LogP contribution >= 0.6 is 31.3 Å². The van der Waals surface area contributed by atoms with Crippen molar-refractivity contribution in [1.29, 1.82) is 0 Å². The van der Waals surface area contributed by atoms with Gasteiger partial charge >= 0.3 is 42.6 Å². The summed E-state index contributed by atoms with van der Waals surface area (Å²) in [6.45, 7) is -2.23. The average Bonchev–Trinajstić information content (AvgIpc) is 4.14. The molecular weight excluding hydrogens is 1130 g/mol. The summed E-state index contributed by atoms with van der Waals surface area (Å²) in [5, 5.41) is 23.9.